The lowest BCUT2D eigenvalue weighted by atomic mass is 10.1. The van der Waals surface area contributed by atoms with Gasteiger partial charge in [0.1, 0.15) is 0 Å². The van der Waals surface area contributed by atoms with Crippen LogP contribution in [0, 0.1) is 0 Å². The van der Waals surface area contributed by atoms with Crippen LogP contribution in [-0.4, -0.2) is 67.6 Å². The molecule has 2 saturated heterocycles. The molecule has 4 rings (SSSR count). The molecule has 0 saturated carbocycles. The minimum Gasteiger partial charge on any atom is -0.325 e. The maximum atomic E-state index is 12.3. The van der Waals surface area contributed by atoms with Gasteiger partial charge in [-0.25, -0.2) is 0 Å². The fraction of sp³-hybridized carbons (Fsp3) is 0.632. The third kappa shape index (κ3) is 3.63. The second kappa shape index (κ2) is 7.21. The van der Waals surface area contributed by atoms with Gasteiger partial charge in [-0.3, -0.25) is 14.6 Å². The molecule has 1 aromatic carbocycles. The first-order valence-electron chi connectivity index (χ1n) is 9.37. The number of piperazine rings is 1. The molecule has 3 aliphatic rings. The summed E-state index contributed by atoms with van der Waals surface area (Å²) in [7, 11) is 0. The fourth-order valence-electron chi connectivity index (χ4n) is 4.29. The number of benzene rings is 1. The van der Waals surface area contributed by atoms with Crippen molar-refractivity contribution in [3.8, 4) is 0 Å². The number of carbonyl (C=O) groups excluding carboxylic acids is 1. The van der Waals surface area contributed by atoms with Crippen LogP contribution in [0.5, 0.6) is 0 Å². The van der Waals surface area contributed by atoms with Gasteiger partial charge in [0, 0.05) is 44.5 Å². The van der Waals surface area contributed by atoms with Crippen molar-refractivity contribution < 1.29 is 4.79 Å². The second-order valence-corrected chi connectivity index (χ2v) is 7.34. The van der Waals surface area contributed by atoms with Crippen molar-refractivity contribution in [1.82, 2.24) is 15.1 Å². The van der Waals surface area contributed by atoms with Crippen LogP contribution in [0.3, 0.4) is 0 Å². The number of aryl methyl sites for hydroxylation is 2. The number of nitrogens with one attached hydrogen (secondary N) is 2. The summed E-state index contributed by atoms with van der Waals surface area (Å²) in [6, 6.07) is 7.08. The predicted octanol–water partition coefficient (Wildman–Crippen LogP) is 1.09. The molecule has 1 unspecified atom stereocenters. The first-order chi connectivity index (χ1) is 11.8. The summed E-state index contributed by atoms with van der Waals surface area (Å²) in [5, 5.41) is 6.52. The van der Waals surface area contributed by atoms with E-state index >= 15 is 0 Å². The first kappa shape index (κ1) is 16.1. The highest BCUT2D eigenvalue weighted by Gasteiger charge is 2.26. The number of nitrogens with zero attached hydrogens (tertiary/aromatic N) is 2. The third-order valence-electron chi connectivity index (χ3n) is 5.71. The van der Waals surface area contributed by atoms with Crippen molar-refractivity contribution >= 4 is 11.6 Å². The molecule has 0 spiro atoms. The Morgan fingerprint density at radius 3 is 2.79 bits per heavy atom. The summed E-state index contributed by atoms with van der Waals surface area (Å²) in [5.41, 5.74) is 3.81. The average molecular weight is 328 g/mol. The molecule has 130 valence electrons. The van der Waals surface area contributed by atoms with Crippen LogP contribution < -0.4 is 10.6 Å². The smallest absolute Gasteiger partial charge is 0.238 e. The predicted molar refractivity (Wildman–Crippen MR) is 96.4 cm³/mol. The molecule has 5 heteroatoms. The summed E-state index contributed by atoms with van der Waals surface area (Å²) < 4.78 is 0. The molecule has 1 atom stereocenters. The summed E-state index contributed by atoms with van der Waals surface area (Å²) in [6.45, 7) is 6.93. The van der Waals surface area contributed by atoms with Crippen molar-refractivity contribution in [2.45, 2.75) is 31.7 Å². The standard InChI is InChI=1S/C19H28N4O/c24-19(21-17-5-4-15-2-1-3-16(15)12-17)14-22-8-10-23(11-9-22)18-6-7-20-13-18/h4-5,12,18,20H,1-3,6-11,13-14H2,(H,21,24). The zero-order chi connectivity index (χ0) is 16.4. The van der Waals surface area contributed by atoms with Gasteiger partial charge in [-0.05, 0) is 55.5 Å². The second-order valence-electron chi connectivity index (χ2n) is 7.34. The van der Waals surface area contributed by atoms with Crippen LogP contribution in [0.15, 0.2) is 18.2 Å². The van der Waals surface area contributed by atoms with Crippen molar-refractivity contribution in [2.75, 3.05) is 51.1 Å². The van der Waals surface area contributed by atoms with Crippen LogP contribution in [0.25, 0.3) is 0 Å². The zero-order valence-corrected chi connectivity index (χ0v) is 14.4. The van der Waals surface area contributed by atoms with Gasteiger partial charge in [0.25, 0.3) is 0 Å². The average Bonchev–Trinajstić information content (AvgIpc) is 3.26. The number of hydrogen-bond acceptors (Lipinski definition) is 4. The Labute approximate surface area is 144 Å². The lowest BCUT2D eigenvalue weighted by Crippen LogP contribution is -2.52. The van der Waals surface area contributed by atoms with Crippen LogP contribution in [0.2, 0.25) is 0 Å². The van der Waals surface area contributed by atoms with E-state index in [1.54, 1.807) is 0 Å². The number of rotatable bonds is 4. The molecule has 2 fully saturated rings. The van der Waals surface area contributed by atoms with Gasteiger partial charge >= 0.3 is 0 Å². The first-order valence-corrected chi connectivity index (χ1v) is 9.37. The van der Waals surface area contributed by atoms with Gasteiger partial charge in [-0.1, -0.05) is 6.07 Å². The van der Waals surface area contributed by atoms with Crippen LogP contribution >= 0.6 is 0 Å². The molecule has 0 radical (unpaired) electrons. The lowest BCUT2D eigenvalue weighted by Gasteiger charge is -2.37. The van der Waals surface area contributed by atoms with Crippen LogP contribution in [0.4, 0.5) is 5.69 Å². The lowest BCUT2D eigenvalue weighted by molar-refractivity contribution is -0.117. The highest BCUT2D eigenvalue weighted by molar-refractivity contribution is 5.92. The SMILES string of the molecule is O=C(CN1CCN(C2CCNC2)CC1)Nc1ccc2c(c1)CCC2. The molecule has 2 heterocycles. The zero-order valence-electron chi connectivity index (χ0n) is 14.4. The summed E-state index contributed by atoms with van der Waals surface area (Å²) in [4.78, 5) is 17.2. The maximum Gasteiger partial charge on any atom is 0.238 e. The molecular weight excluding hydrogens is 300 g/mol. The van der Waals surface area contributed by atoms with E-state index in [-0.39, 0.29) is 5.91 Å². The summed E-state index contributed by atoms with van der Waals surface area (Å²) in [6.07, 6.45) is 4.84. The molecule has 0 aromatic heterocycles. The van der Waals surface area contributed by atoms with Crippen LogP contribution in [-0.2, 0) is 17.6 Å². The van der Waals surface area contributed by atoms with E-state index in [9.17, 15) is 4.79 Å². The molecule has 1 amide bonds. The Kier molecular flexibility index (Phi) is 4.83. The minimum atomic E-state index is 0.115. The van der Waals surface area contributed by atoms with E-state index in [0.29, 0.717) is 12.6 Å². The largest absolute Gasteiger partial charge is 0.325 e. The minimum absolute atomic E-state index is 0.115. The number of anilines is 1. The monoisotopic (exact) mass is 328 g/mol. The van der Waals surface area contributed by atoms with E-state index < -0.39 is 0 Å². The van der Waals surface area contributed by atoms with Crippen molar-refractivity contribution in [2.24, 2.45) is 0 Å². The van der Waals surface area contributed by atoms with Crippen molar-refractivity contribution in [1.29, 1.82) is 0 Å². The van der Waals surface area contributed by atoms with Gasteiger partial charge in [0.2, 0.25) is 5.91 Å². The Bertz CT molecular complexity index is 589. The fourth-order valence-corrected chi connectivity index (χ4v) is 4.29. The third-order valence-corrected chi connectivity index (χ3v) is 5.71. The summed E-state index contributed by atoms with van der Waals surface area (Å²) >= 11 is 0. The Balaban J connectivity index is 1.25. The molecular formula is C19H28N4O. The molecule has 2 N–H and O–H groups in total. The van der Waals surface area contributed by atoms with Gasteiger partial charge in [0.05, 0.1) is 6.54 Å². The van der Waals surface area contributed by atoms with E-state index in [1.807, 2.05) is 6.07 Å². The van der Waals surface area contributed by atoms with Gasteiger partial charge in [-0.15, -0.1) is 0 Å². The number of hydrogen-bond donors (Lipinski definition) is 2. The highest BCUT2D eigenvalue weighted by Crippen LogP contribution is 2.24. The van der Waals surface area contributed by atoms with E-state index in [4.69, 9.17) is 0 Å². The van der Waals surface area contributed by atoms with E-state index in [1.165, 1.54) is 30.4 Å². The topological polar surface area (TPSA) is 47.6 Å². The summed E-state index contributed by atoms with van der Waals surface area (Å²) in [5.74, 6) is 0.115. The van der Waals surface area contributed by atoms with E-state index in [2.05, 4.69) is 32.6 Å². The Hall–Kier alpha value is -1.43. The molecule has 2 aliphatic heterocycles. The normalized spacial score (nSPS) is 24.9. The van der Waals surface area contributed by atoms with Crippen molar-refractivity contribution in [3.05, 3.63) is 29.3 Å². The number of amides is 1. The molecule has 5 nitrogen and oxygen atoms in total. The van der Waals surface area contributed by atoms with E-state index in [0.717, 1.165) is 51.4 Å². The van der Waals surface area contributed by atoms with Gasteiger partial charge in [-0.2, -0.15) is 0 Å². The van der Waals surface area contributed by atoms with Gasteiger partial charge in [0.15, 0.2) is 0 Å². The van der Waals surface area contributed by atoms with Crippen molar-refractivity contribution in [3.63, 3.8) is 0 Å². The number of carbonyl (C=O) groups is 1. The Morgan fingerprint density at radius 1 is 1.17 bits per heavy atom. The number of fused-ring (bicyclic) bond motifs is 1. The quantitative estimate of drug-likeness (QED) is 0.869. The van der Waals surface area contributed by atoms with Crippen LogP contribution in [0.1, 0.15) is 24.0 Å². The molecule has 1 aliphatic carbocycles. The molecule has 0 bridgehead atoms. The Morgan fingerprint density at radius 2 is 2.00 bits per heavy atom. The molecule has 1 aromatic rings. The van der Waals surface area contributed by atoms with Gasteiger partial charge < -0.3 is 10.6 Å². The maximum absolute atomic E-state index is 12.3. The molecule has 24 heavy (non-hydrogen) atoms. The highest BCUT2D eigenvalue weighted by atomic mass is 16.2.